The van der Waals surface area contributed by atoms with E-state index in [9.17, 15) is 19.2 Å². The molecular formula is C49H39N5O11. The second kappa shape index (κ2) is 19.2. The molecule has 0 bridgehead atoms. The molecule has 0 atom stereocenters. The molecule has 326 valence electrons. The van der Waals surface area contributed by atoms with Crippen LogP contribution in [0.5, 0.6) is 0 Å². The quantitative estimate of drug-likeness (QED) is 0.0760. The third-order valence-corrected chi connectivity index (χ3v) is 10.2. The summed E-state index contributed by atoms with van der Waals surface area (Å²) in [7, 11) is 0. The van der Waals surface area contributed by atoms with Gasteiger partial charge in [0.15, 0.2) is 16.7 Å². The summed E-state index contributed by atoms with van der Waals surface area (Å²) in [6, 6.07) is 38.2. The molecule has 1 aliphatic rings. The van der Waals surface area contributed by atoms with E-state index >= 15 is 0 Å². The third kappa shape index (κ3) is 10.0. The molecule has 65 heavy (non-hydrogen) atoms. The van der Waals surface area contributed by atoms with E-state index in [1.807, 2.05) is 66.7 Å². The number of fused-ring (bicyclic) bond motifs is 3. The smallest absolute Gasteiger partial charge is 0.335 e. The van der Waals surface area contributed by atoms with Crippen molar-refractivity contribution >= 4 is 68.5 Å². The zero-order chi connectivity index (χ0) is 45.5. The molecule has 10 rings (SSSR count). The fraction of sp³-hybridized carbons (Fsp3) is 0.122. The normalized spacial score (nSPS) is 12.1. The molecule has 0 aliphatic carbocycles. The first-order chi connectivity index (χ1) is 31.5. The van der Waals surface area contributed by atoms with Crippen LogP contribution in [-0.4, -0.2) is 78.9 Å². The fourth-order valence-corrected chi connectivity index (χ4v) is 6.90. The van der Waals surface area contributed by atoms with Crippen LogP contribution in [0.15, 0.2) is 147 Å². The largest absolute Gasteiger partial charge is 0.478 e. The summed E-state index contributed by atoms with van der Waals surface area (Å²) in [4.78, 5) is 59.7. The first-order valence-corrected chi connectivity index (χ1v) is 20.4. The standard InChI is InChI=1S/C18H14N2O4.C17H16N2O4.C14H9NO3/c21-16-5-2-8-20(16)13-6-7-15-14(10-13)19-17(24-15)11-3-1-4-12(9-11)18(22)23;20-9-1-8-18-13-5-2-11(3-6-13)16-19-14-10-12(17(21)22)4-7-15(14)23-16;16-14(17)10-6-7-11-12(8-10)18-13(15-11)9-4-2-1-3-5-9/h1,3-4,6-7,9-10H,2,5,8H2,(H,22,23);2-7,10,18,20H,1,8-9H2,(H,21,22);1-8H,(H,16,17). The van der Waals surface area contributed by atoms with E-state index in [2.05, 4.69) is 20.3 Å². The molecule has 1 fully saturated rings. The van der Waals surface area contributed by atoms with Crippen LogP contribution in [0.2, 0.25) is 0 Å². The number of aromatic carboxylic acids is 3. The molecule has 9 aromatic rings. The molecule has 16 nitrogen and oxygen atoms in total. The molecular weight excluding hydrogens is 835 g/mol. The average Bonchev–Trinajstić information content (AvgIpc) is 4.15. The first-order valence-electron chi connectivity index (χ1n) is 20.4. The summed E-state index contributed by atoms with van der Waals surface area (Å²) in [5, 5.41) is 39.0. The van der Waals surface area contributed by atoms with Crippen molar-refractivity contribution < 1.29 is 52.9 Å². The van der Waals surface area contributed by atoms with Crippen LogP contribution in [0.1, 0.15) is 50.3 Å². The Morgan fingerprint density at radius 1 is 0.569 bits per heavy atom. The molecule has 6 aromatic carbocycles. The molecule has 0 saturated carbocycles. The minimum atomic E-state index is -0.997. The number of aliphatic hydroxyl groups is 1. The Morgan fingerprint density at radius 2 is 1.14 bits per heavy atom. The number of oxazole rings is 3. The number of aliphatic hydroxyl groups excluding tert-OH is 1. The number of carbonyl (C=O) groups is 4. The second-order valence-electron chi connectivity index (χ2n) is 14.7. The lowest BCUT2D eigenvalue weighted by Crippen LogP contribution is -2.23. The SMILES string of the molecule is O=C(O)c1ccc2nc(-c3ccccc3)oc2c1.O=C(O)c1ccc2oc(-c3ccc(NCCCO)cc3)nc2c1.O=C(O)c1cccc(-c2nc3cc(N4CCCC4=O)ccc3o2)c1. The van der Waals surface area contributed by atoms with Crippen LogP contribution in [0, 0.1) is 0 Å². The third-order valence-electron chi connectivity index (χ3n) is 10.2. The predicted octanol–water partition coefficient (Wildman–Crippen LogP) is 9.50. The van der Waals surface area contributed by atoms with Crippen LogP contribution in [0.4, 0.5) is 11.4 Å². The van der Waals surface area contributed by atoms with E-state index in [1.165, 1.54) is 36.4 Å². The fourth-order valence-electron chi connectivity index (χ4n) is 6.90. The second-order valence-corrected chi connectivity index (χ2v) is 14.7. The molecule has 1 aliphatic heterocycles. The van der Waals surface area contributed by atoms with Crippen LogP contribution in [-0.2, 0) is 4.79 Å². The summed E-state index contributed by atoms with van der Waals surface area (Å²) in [6.45, 7) is 1.58. The molecule has 5 N–H and O–H groups in total. The lowest BCUT2D eigenvalue weighted by Gasteiger charge is -2.14. The van der Waals surface area contributed by atoms with Gasteiger partial charge in [-0.2, -0.15) is 0 Å². The first kappa shape index (κ1) is 43.0. The van der Waals surface area contributed by atoms with Crippen molar-refractivity contribution in [3.63, 3.8) is 0 Å². The number of benzene rings is 6. The summed E-state index contributed by atoms with van der Waals surface area (Å²) in [5.74, 6) is -1.55. The van der Waals surface area contributed by atoms with Gasteiger partial charge < -0.3 is 43.9 Å². The van der Waals surface area contributed by atoms with Crippen molar-refractivity contribution in [2.75, 3.05) is 29.9 Å². The van der Waals surface area contributed by atoms with Crippen LogP contribution in [0.25, 0.3) is 67.7 Å². The van der Waals surface area contributed by atoms with Gasteiger partial charge in [-0.05, 0) is 122 Å². The predicted molar refractivity (Wildman–Crippen MR) is 241 cm³/mol. The maximum Gasteiger partial charge on any atom is 0.335 e. The monoisotopic (exact) mass is 873 g/mol. The van der Waals surface area contributed by atoms with Gasteiger partial charge in [0, 0.05) is 54.2 Å². The Balaban J connectivity index is 0.000000134. The number of nitrogens with one attached hydrogen (secondary N) is 1. The van der Waals surface area contributed by atoms with Crippen molar-refractivity contribution in [1.82, 2.24) is 15.0 Å². The van der Waals surface area contributed by atoms with Gasteiger partial charge in [0.25, 0.3) is 0 Å². The Kier molecular flexibility index (Phi) is 12.7. The summed E-state index contributed by atoms with van der Waals surface area (Å²) in [5.41, 5.74) is 8.03. The van der Waals surface area contributed by atoms with Gasteiger partial charge in [-0.3, -0.25) is 4.79 Å². The molecule has 3 aromatic heterocycles. The van der Waals surface area contributed by atoms with E-state index in [4.69, 9.17) is 33.7 Å². The highest BCUT2D eigenvalue weighted by atomic mass is 16.4. The number of nitrogens with zero attached hydrogens (tertiary/aromatic N) is 4. The number of carboxylic acid groups (broad SMARTS) is 3. The lowest BCUT2D eigenvalue weighted by molar-refractivity contribution is -0.117. The van der Waals surface area contributed by atoms with Gasteiger partial charge in [-0.1, -0.05) is 24.3 Å². The summed E-state index contributed by atoms with van der Waals surface area (Å²) in [6.07, 6.45) is 2.13. The Labute approximate surface area is 369 Å². The van der Waals surface area contributed by atoms with E-state index in [1.54, 1.807) is 35.2 Å². The number of hydrogen-bond donors (Lipinski definition) is 5. The van der Waals surface area contributed by atoms with E-state index < -0.39 is 17.9 Å². The van der Waals surface area contributed by atoms with Crippen LogP contribution < -0.4 is 10.2 Å². The van der Waals surface area contributed by atoms with E-state index in [0.29, 0.717) is 75.9 Å². The number of anilines is 2. The van der Waals surface area contributed by atoms with Crippen molar-refractivity contribution in [1.29, 1.82) is 0 Å². The van der Waals surface area contributed by atoms with E-state index in [0.717, 1.165) is 35.5 Å². The maximum atomic E-state index is 11.9. The van der Waals surface area contributed by atoms with Gasteiger partial charge in [0.1, 0.15) is 16.6 Å². The minimum absolute atomic E-state index is 0.118. The van der Waals surface area contributed by atoms with E-state index in [-0.39, 0.29) is 29.2 Å². The highest BCUT2D eigenvalue weighted by molar-refractivity contribution is 5.97. The van der Waals surface area contributed by atoms with Crippen molar-refractivity contribution in [3.8, 4) is 34.4 Å². The molecule has 4 heterocycles. The van der Waals surface area contributed by atoms with Gasteiger partial charge in [0.05, 0.1) is 16.7 Å². The van der Waals surface area contributed by atoms with Gasteiger partial charge >= 0.3 is 17.9 Å². The zero-order valence-corrected chi connectivity index (χ0v) is 34.4. The highest BCUT2D eigenvalue weighted by Gasteiger charge is 2.23. The number of amides is 1. The number of carboxylic acids is 3. The highest BCUT2D eigenvalue weighted by Crippen LogP contribution is 2.31. The number of rotatable bonds is 11. The van der Waals surface area contributed by atoms with Gasteiger partial charge in [-0.25, -0.2) is 29.3 Å². The summed E-state index contributed by atoms with van der Waals surface area (Å²) >= 11 is 0. The number of aromatic nitrogens is 3. The molecule has 0 spiro atoms. The average molecular weight is 874 g/mol. The zero-order valence-electron chi connectivity index (χ0n) is 34.4. The van der Waals surface area contributed by atoms with Crippen LogP contribution >= 0.6 is 0 Å². The Hall–Kier alpha value is -8.63. The Bertz CT molecular complexity index is 3170. The number of carbonyl (C=O) groups excluding carboxylic acids is 1. The molecule has 0 unspecified atom stereocenters. The molecule has 0 radical (unpaired) electrons. The molecule has 1 saturated heterocycles. The minimum Gasteiger partial charge on any atom is -0.478 e. The van der Waals surface area contributed by atoms with Crippen molar-refractivity contribution in [2.24, 2.45) is 0 Å². The van der Waals surface area contributed by atoms with Gasteiger partial charge in [-0.15, -0.1) is 0 Å². The topological polar surface area (TPSA) is 243 Å². The number of hydrogen-bond acceptors (Lipinski definition) is 12. The maximum absolute atomic E-state index is 11.9. The van der Waals surface area contributed by atoms with Crippen LogP contribution in [0.3, 0.4) is 0 Å². The van der Waals surface area contributed by atoms with Crippen molar-refractivity contribution in [3.05, 3.63) is 150 Å². The van der Waals surface area contributed by atoms with Gasteiger partial charge in [0.2, 0.25) is 23.6 Å². The Morgan fingerprint density at radius 3 is 1.80 bits per heavy atom. The molecule has 1 amide bonds. The summed E-state index contributed by atoms with van der Waals surface area (Å²) < 4.78 is 17.0. The van der Waals surface area contributed by atoms with Crippen molar-refractivity contribution in [2.45, 2.75) is 19.3 Å². The lowest BCUT2D eigenvalue weighted by atomic mass is 10.1. The molecule has 16 heteroatoms.